The molecule has 0 fully saturated rings. The van der Waals surface area contributed by atoms with Crippen LogP contribution in [0.25, 0.3) is 0 Å². The van der Waals surface area contributed by atoms with Crippen molar-refractivity contribution >= 4 is 0 Å². The number of aryl methyl sites for hydroxylation is 1. The Morgan fingerprint density at radius 2 is 2.27 bits per heavy atom. The van der Waals surface area contributed by atoms with E-state index in [1.807, 2.05) is 29.9 Å². The van der Waals surface area contributed by atoms with Crippen LogP contribution in [0.15, 0.2) is 36.8 Å². The summed E-state index contributed by atoms with van der Waals surface area (Å²) in [6.07, 6.45) is 5.82. The maximum atomic E-state index is 4.00. The summed E-state index contributed by atoms with van der Waals surface area (Å²) < 4.78 is 2.04. The summed E-state index contributed by atoms with van der Waals surface area (Å²) in [5.41, 5.74) is 2.25. The predicted octanol–water partition coefficient (Wildman–Crippen LogP) is 1.10. The van der Waals surface area contributed by atoms with Gasteiger partial charge in [-0.25, -0.2) is 0 Å². The summed E-state index contributed by atoms with van der Waals surface area (Å²) >= 11 is 0. The second-order valence-corrected chi connectivity index (χ2v) is 3.50. The molecule has 2 aromatic rings. The van der Waals surface area contributed by atoms with Crippen molar-refractivity contribution in [2.45, 2.75) is 13.1 Å². The SMILES string of the molecule is Cn1ccc(CNCc2cccnn2)c1. The van der Waals surface area contributed by atoms with Gasteiger partial charge >= 0.3 is 0 Å². The molecule has 78 valence electrons. The molecule has 1 N–H and O–H groups in total. The van der Waals surface area contributed by atoms with Crippen molar-refractivity contribution in [2.75, 3.05) is 0 Å². The number of nitrogens with zero attached hydrogens (tertiary/aromatic N) is 3. The van der Waals surface area contributed by atoms with Gasteiger partial charge in [-0.3, -0.25) is 0 Å². The predicted molar refractivity (Wildman–Crippen MR) is 58.0 cm³/mol. The zero-order valence-electron chi connectivity index (χ0n) is 8.72. The molecule has 0 spiro atoms. The van der Waals surface area contributed by atoms with Crippen molar-refractivity contribution in [1.29, 1.82) is 0 Å². The fourth-order valence-electron chi connectivity index (χ4n) is 1.43. The van der Waals surface area contributed by atoms with E-state index in [1.54, 1.807) is 6.20 Å². The second-order valence-electron chi connectivity index (χ2n) is 3.50. The zero-order valence-corrected chi connectivity index (χ0v) is 8.72. The third-order valence-corrected chi connectivity index (χ3v) is 2.16. The van der Waals surface area contributed by atoms with Gasteiger partial charge in [-0.1, -0.05) is 0 Å². The van der Waals surface area contributed by atoms with Gasteiger partial charge in [0.05, 0.1) is 5.69 Å². The summed E-state index contributed by atoms with van der Waals surface area (Å²) in [5, 5.41) is 11.1. The zero-order chi connectivity index (χ0) is 10.5. The summed E-state index contributed by atoms with van der Waals surface area (Å²) in [4.78, 5) is 0. The first-order valence-corrected chi connectivity index (χ1v) is 4.93. The lowest BCUT2D eigenvalue weighted by molar-refractivity contribution is 0.669. The highest BCUT2D eigenvalue weighted by Crippen LogP contribution is 1.99. The molecule has 0 amide bonds. The Morgan fingerprint density at radius 1 is 1.33 bits per heavy atom. The Bertz CT molecular complexity index is 408. The molecule has 0 unspecified atom stereocenters. The third kappa shape index (κ3) is 2.89. The van der Waals surface area contributed by atoms with Crippen molar-refractivity contribution in [3.05, 3.63) is 48.0 Å². The molecule has 0 atom stereocenters. The van der Waals surface area contributed by atoms with Crippen LogP contribution in [-0.4, -0.2) is 14.8 Å². The van der Waals surface area contributed by atoms with E-state index in [2.05, 4.69) is 27.8 Å². The number of aromatic nitrogens is 3. The van der Waals surface area contributed by atoms with Gasteiger partial charge in [0.25, 0.3) is 0 Å². The first kappa shape index (κ1) is 9.86. The van der Waals surface area contributed by atoms with E-state index in [0.29, 0.717) is 0 Å². The second kappa shape index (κ2) is 4.70. The standard InChI is InChI=1S/C11H14N4/c1-15-6-4-10(9-15)7-12-8-11-3-2-5-13-14-11/h2-6,9,12H,7-8H2,1H3. The van der Waals surface area contributed by atoms with Gasteiger partial charge in [0.1, 0.15) is 0 Å². The van der Waals surface area contributed by atoms with E-state index in [0.717, 1.165) is 18.8 Å². The fourth-order valence-corrected chi connectivity index (χ4v) is 1.43. The lowest BCUT2D eigenvalue weighted by Crippen LogP contribution is -2.13. The summed E-state index contributed by atoms with van der Waals surface area (Å²) in [6.45, 7) is 1.61. The number of hydrogen-bond donors (Lipinski definition) is 1. The van der Waals surface area contributed by atoms with Gasteiger partial charge in [-0.2, -0.15) is 10.2 Å². The molecule has 2 aromatic heterocycles. The smallest absolute Gasteiger partial charge is 0.0769 e. The fraction of sp³-hybridized carbons (Fsp3) is 0.273. The van der Waals surface area contributed by atoms with Gasteiger partial charge in [0.15, 0.2) is 0 Å². The minimum absolute atomic E-state index is 0.753. The molecule has 15 heavy (non-hydrogen) atoms. The highest BCUT2D eigenvalue weighted by molar-refractivity contribution is 5.09. The van der Waals surface area contributed by atoms with Gasteiger partial charge in [0.2, 0.25) is 0 Å². The molecule has 0 aromatic carbocycles. The Morgan fingerprint density at radius 3 is 2.93 bits per heavy atom. The molecule has 2 rings (SSSR count). The van der Waals surface area contributed by atoms with Gasteiger partial charge in [0, 0.05) is 38.7 Å². The normalized spacial score (nSPS) is 10.5. The average Bonchev–Trinajstić information content (AvgIpc) is 2.66. The van der Waals surface area contributed by atoms with Crippen molar-refractivity contribution in [1.82, 2.24) is 20.1 Å². The average molecular weight is 202 g/mol. The third-order valence-electron chi connectivity index (χ3n) is 2.16. The van der Waals surface area contributed by atoms with E-state index in [4.69, 9.17) is 0 Å². The van der Waals surface area contributed by atoms with E-state index in [-0.39, 0.29) is 0 Å². The first-order chi connectivity index (χ1) is 7.34. The lowest BCUT2D eigenvalue weighted by Gasteiger charge is -2.01. The van der Waals surface area contributed by atoms with Gasteiger partial charge in [-0.05, 0) is 23.8 Å². The number of rotatable bonds is 4. The molecule has 0 bridgehead atoms. The van der Waals surface area contributed by atoms with Crippen molar-refractivity contribution in [2.24, 2.45) is 7.05 Å². The van der Waals surface area contributed by atoms with Crippen LogP contribution in [0.2, 0.25) is 0 Å². The molecule has 4 heteroatoms. The van der Waals surface area contributed by atoms with Crippen LogP contribution in [0.3, 0.4) is 0 Å². The lowest BCUT2D eigenvalue weighted by atomic mass is 10.3. The Labute approximate surface area is 89.0 Å². The minimum Gasteiger partial charge on any atom is -0.357 e. The summed E-state index contributed by atoms with van der Waals surface area (Å²) in [6, 6.07) is 5.96. The van der Waals surface area contributed by atoms with Crippen LogP contribution < -0.4 is 5.32 Å². The monoisotopic (exact) mass is 202 g/mol. The largest absolute Gasteiger partial charge is 0.357 e. The molecular weight excluding hydrogens is 188 g/mol. The van der Waals surface area contributed by atoms with Crippen molar-refractivity contribution in [3.8, 4) is 0 Å². The van der Waals surface area contributed by atoms with Crippen molar-refractivity contribution in [3.63, 3.8) is 0 Å². The molecule has 0 radical (unpaired) electrons. The molecule has 2 heterocycles. The highest BCUT2D eigenvalue weighted by atomic mass is 15.1. The highest BCUT2D eigenvalue weighted by Gasteiger charge is 1.95. The Balaban J connectivity index is 1.80. The van der Waals surface area contributed by atoms with Gasteiger partial charge in [-0.15, -0.1) is 0 Å². The van der Waals surface area contributed by atoms with Crippen LogP contribution in [0.5, 0.6) is 0 Å². The maximum absolute atomic E-state index is 4.00. The Hall–Kier alpha value is -1.68. The van der Waals surface area contributed by atoms with Crippen LogP contribution >= 0.6 is 0 Å². The quantitative estimate of drug-likeness (QED) is 0.807. The topological polar surface area (TPSA) is 42.7 Å². The Kier molecular flexibility index (Phi) is 3.09. The summed E-state index contributed by atoms with van der Waals surface area (Å²) in [7, 11) is 2.02. The van der Waals surface area contributed by atoms with Crippen LogP contribution in [0.4, 0.5) is 0 Å². The number of hydrogen-bond acceptors (Lipinski definition) is 3. The molecule has 0 saturated carbocycles. The van der Waals surface area contributed by atoms with Gasteiger partial charge < -0.3 is 9.88 Å². The van der Waals surface area contributed by atoms with Crippen LogP contribution in [-0.2, 0) is 20.1 Å². The van der Waals surface area contributed by atoms with E-state index >= 15 is 0 Å². The van der Waals surface area contributed by atoms with E-state index in [1.165, 1.54) is 5.56 Å². The molecule has 0 aliphatic carbocycles. The summed E-state index contributed by atoms with van der Waals surface area (Å²) in [5.74, 6) is 0. The molecule has 0 aliphatic rings. The first-order valence-electron chi connectivity index (χ1n) is 4.93. The maximum Gasteiger partial charge on any atom is 0.0769 e. The van der Waals surface area contributed by atoms with Crippen LogP contribution in [0, 0.1) is 0 Å². The molecule has 0 saturated heterocycles. The van der Waals surface area contributed by atoms with E-state index < -0.39 is 0 Å². The molecule has 4 nitrogen and oxygen atoms in total. The molecular formula is C11H14N4. The van der Waals surface area contributed by atoms with Crippen molar-refractivity contribution < 1.29 is 0 Å². The van der Waals surface area contributed by atoms with E-state index in [9.17, 15) is 0 Å². The minimum atomic E-state index is 0.753. The molecule has 0 aliphatic heterocycles. The number of nitrogens with one attached hydrogen (secondary N) is 1. The van der Waals surface area contributed by atoms with Crippen LogP contribution in [0.1, 0.15) is 11.3 Å².